The van der Waals surface area contributed by atoms with Crippen LogP contribution in [-0.4, -0.2) is 6.54 Å². The Balaban J connectivity index is 2.42. The molecular formula is C16H17ClFN. The zero-order valence-corrected chi connectivity index (χ0v) is 11.8. The lowest BCUT2D eigenvalue weighted by Gasteiger charge is -2.19. The standard InChI is InChI=1S/C16H17ClFN/c1-3-19-16(12-6-4-5-11(2)9-12)13-7-8-15(18)14(17)10-13/h4-10,16,19H,3H2,1-2H3. The zero-order chi connectivity index (χ0) is 13.8. The van der Waals surface area contributed by atoms with E-state index in [-0.39, 0.29) is 16.9 Å². The molecule has 0 aliphatic heterocycles. The minimum absolute atomic E-state index is 0.0306. The lowest BCUT2D eigenvalue weighted by molar-refractivity contribution is 0.614. The molecule has 2 rings (SSSR count). The largest absolute Gasteiger partial charge is 0.307 e. The summed E-state index contributed by atoms with van der Waals surface area (Å²) in [6.07, 6.45) is 0. The summed E-state index contributed by atoms with van der Waals surface area (Å²) in [4.78, 5) is 0. The average Bonchev–Trinajstić information content (AvgIpc) is 2.39. The highest BCUT2D eigenvalue weighted by Crippen LogP contribution is 2.26. The van der Waals surface area contributed by atoms with E-state index in [4.69, 9.17) is 11.6 Å². The number of benzene rings is 2. The molecule has 0 bridgehead atoms. The van der Waals surface area contributed by atoms with Crippen molar-refractivity contribution in [3.05, 3.63) is 70.0 Å². The van der Waals surface area contributed by atoms with Crippen LogP contribution in [0.2, 0.25) is 5.02 Å². The molecule has 100 valence electrons. The van der Waals surface area contributed by atoms with E-state index in [9.17, 15) is 4.39 Å². The van der Waals surface area contributed by atoms with Crippen molar-refractivity contribution >= 4 is 11.6 Å². The fraction of sp³-hybridized carbons (Fsp3) is 0.250. The molecule has 0 heterocycles. The van der Waals surface area contributed by atoms with Gasteiger partial charge in [-0.2, -0.15) is 0 Å². The third kappa shape index (κ3) is 3.34. The number of aryl methyl sites for hydroxylation is 1. The second-order valence-electron chi connectivity index (χ2n) is 4.58. The van der Waals surface area contributed by atoms with E-state index in [0.29, 0.717) is 0 Å². The van der Waals surface area contributed by atoms with Gasteiger partial charge < -0.3 is 5.32 Å². The topological polar surface area (TPSA) is 12.0 Å². The van der Waals surface area contributed by atoms with Crippen molar-refractivity contribution < 1.29 is 4.39 Å². The van der Waals surface area contributed by atoms with E-state index in [1.54, 1.807) is 12.1 Å². The molecule has 0 spiro atoms. The highest BCUT2D eigenvalue weighted by molar-refractivity contribution is 6.30. The lowest BCUT2D eigenvalue weighted by Crippen LogP contribution is -2.22. The number of rotatable bonds is 4. The smallest absolute Gasteiger partial charge is 0.141 e. The first-order valence-corrected chi connectivity index (χ1v) is 6.74. The van der Waals surface area contributed by atoms with Gasteiger partial charge in [0.15, 0.2) is 0 Å². The molecule has 0 aliphatic carbocycles. The summed E-state index contributed by atoms with van der Waals surface area (Å²) in [5, 5.41) is 3.57. The van der Waals surface area contributed by atoms with Gasteiger partial charge in [0.05, 0.1) is 11.1 Å². The Kier molecular flexibility index (Phi) is 4.56. The van der Waals surface area contributed by atoms with Gasteiger partial charge in [-0.3, -0.25) is 0 Å². The number of nitrogens with one attached hydrogen (secondary N) is 1. The summed E-state index contributed by atoms with van der Waals surface area (Å²) >= 11 is 5.87. The van der Waals surface area contributed by atoms with Crippen LogP contribution in [0.3, 0.4) is 0 Å². The number of halogens is 2. The Morgan fingerprint density at radius 1 is 1.16 bits per heavy atom. The van der Waals surface area contributed by atoms with E-state index >= 15 is 0 Å². The van der Waals surface area contributed by atoms with Crippen molar-refractivity contribution in [2.24, 2.45) is 0 Å². The van der Waals surface area contributed by atoms with Crippen LogP contribution in [0.1, 0.15) is 29.7 Å². The minimum Gasteiger partial charge on any atom is -0.307 e. The number of hydrogen-bond acceptors (Lipinski definition) is 1. The maximum Gasteiger partial charge on any atom is 0.141 e. The minimum atomic E-state index is -0.384. The molecule has 19 heavy (non-hydrogen) atoms. The molecule has 0 saturated carbocycles. The highest BCUT2D eigenvalue weighted by Gasteiger charge is 2.14. The van der Waals surface area contributed by atoms with E-state index < -0.39 is 0 Å². The summed E-state index contributed by atoms with van der Waals surface area (Å²) in [5.41, 5.74) is 3.33. The fourth-order valence-electron chi connectivity index (χ4n) is 2.17. The highest BCUT2D eigenvalue weighted by atomic mass is 35.5. The quantitative estimate of drug-likeness (QED) is 0.868. The van der Waals surface area contributed by atoms with Crippen molar-refractivity contribution in [3.63, 3.8) is 0 Å². The van der Waals surface area contributed by atoms with Gasteiger partial charge in [-0.15, -0.1) is 0 Å². The molecule has 2 aromatic rings. The SMILES string of the molecule is CCNC(c1cccc(C)c1)c1ccc(F)c(Cl)c1. The molecule has 1 atom stereocenters. The van der Waals surface area contributed by atoms with Crippen LogP contribution in [0, 0.1) is 12.7 Å². The fourth-order valence-corrected chi connectivity index (χ4v) is 2.36. The first kappa shape index (κ1) is 14.0. The van der Waals surface area contributed by atoms with E-state index in [0.717, 1.165) is 17.7 Å². The van der Waals surface area contributed by atoms with Crippen molar-refractivity contribution in [1.82, 2.24) is 5.32 Å². The summed E-state index contributed by atoms with van der Waals surface area (Å²) < 4.78 is 13.3. The van der Waals surface area contributed by atoms with E-state index in [2.05, 4.69) is 30.4 Å². The Bertz CT molecular complexity index is 568. The van der Waals surface area contributed by atoms with Crippen LogP contribution in [0.5, 0.6) is 0 Å². The maximum absolute atomic E-state index is 13.3. The Labute approximate surface area is 118 Å². The third-order valence-electron chi connectivity index (χ3n) is 3.06. The van der Waals surface area contributed by atoms with Gasteiger partial charge >= 0.3 is 0 Å². The van der Waals surface area contributed by atoms with Gasteiger partial charge in [-0.05, 0) is 36.7 Å². The number of hydrogen-bond donors (Lipinski definition) is 1. The molecule has 3 heteroatoms. The van der Waals surface area contributed by atoms with Crippen LogP contribution in [0.4, 0.5) is 4.39 Å². The van der Waals surface area contributed by atoms with Crippen molar-refractivity contribution in [2.75, 3.05) is 6.54 Å². The van der Waals surface area contributed by atoms with Crippen LogP contribution < -0.4 is 5.32 Å². The molecule has 0 fully saturated rings. The molecule has 0 radical (unpaired) electrons. The van der Waals surface area contributed by atoms with E-state index in [1.165, 1.54) is 11.6 Å². The maximum atomic E-state index is 13.3. The van der Waals surface area contributed by atoms with Gasteiger partial charge in [0.1, 0.15) is 5.82 Å². The Morgan fingerprint density at radius 3 is 2.53 bits per heavy atom. The Hall–Kier alpha value is -1.38. The average molecular weight is 278 g/mol. The molecule has 1 unspecified atom stereocenters. The molecular weight excluding hydrogens is 261 g/mol. The molecule has 0 aromatic heterocycles. The monoisotopic (exact) mass is 277 g/mol. The molecule has 1 nitrogen and oxygen atoms in total. The van der Waals surface area contributed by atoms with Gasteiger partial charge in [0.2, 0.25) is 0 Å². The lowest BCUT2D eigenvalue weighted by atomic mass is 9.97. The first-order chi connectivity index (χ1) is 9.11. The molecule has 0 saturated heterocycles. The predicted molar refractivity (Wildman–Crippen MR) is 78.1 cm³/mol. The predicted octanol–water partition coefficient (Wildman–Crippen LogP) is 4.49. The molecule has 2 aromatic carbocycles. The summed E-state index contributed by atoms with van der Waals surface area (Å²) in [7, 11) is 0. The van der Waals surface area contributed by atoms with Gasteiger partial charge in [0.25, 0.3) is 0 Å². The van der Waals surface area contributed by atoms with Crippen LogP contribution in [0.15, 0.2) is 42.5 Å². The van der Waals surface area contributed by atoms with Gasteiger partial charge in [-0.25, -0.2) is 4.39 Å². The second-order valence-corrected chi connectivity index (χ2v) is 4.99. The second kappa shape index (κ2) is 6.18. The molecule has 1 N–H and O–H groups in total. The van der Waals surface area contributed by atoms with Crippen molar-refractivity contribution in [2.45, 2.75) is 19.9 Å². The molecule has 0 amide bonds. The van der Waals surface area contributed by atoms with Crippen LogP contribution in [0.25, 0.3) is 0 Å². The van der Waals surface area contributed by atoms with Crippen LogP contribution >= 0.6 is 11.6 Å². The Morgan fingerprint density at radius 2 is 1.89 bits per heavy atom. The van der Waals surface area contributed by atoms with Gasteiger partial charge in [-0.1, -0.05) is 54.4 Å². The normalized spacial score (nSPS) is 12.4. The van der Waals surface area contributed by atoms with E-state index in [1.807, 2.05) is 13.0 Å². The first-order valence-electron chi connectivity index (χ1n) is 6.36. The van der Waals surface area contributed by atoms with Gasteiger partial charge in [0, 0.05) is 0 Å². The summed E-state index contributed by atoms with van der Waals surface area (Å²) in [6.45, 7) is 4.94. The van der Waals surface area contributed by atoms with Crippen molar-refractivity contribution in [1.29, 1.82) is 0 Å². The molecule has 0 aliphatic rings. The third-order valence-corrected chi connectivity index (χ3v) is 3.35. The zero-order valence-electron chi connectivity index (χ0n) is 11.1. The van der Waals surface area contributed by atoms with Crippen molar-refractivity contribution in [3.8, 4) is 0 Å². The van der Waals surface area contributed by atoms with Crippen LogP contribution in [-0.2, 0) is 0 Å². The summed E-state index contributed by atoms with van der Waals surface area (Å²) in [5.74, 6) is -0.384. The summed E-state index contributed by atoms with van der Waals surface area (Å²) in [6, 6.07) is 13.2.